The van der Waals surface area contributed by atoms with Crippen LogP contribution in [0, 0.1) is 35.5 Å². The first-order valence-electron chi connectivity index (χ1n) is 23.7. The Morgan fingerprint density at radius 1 is 0.785 bits per heavy atom. The lowest BCUT2D eigenvalue weighted by Crippen LogP contribution is -2.53. The summed E-state index contributed by atoms with van der Waals surface area (Å²) in [4.78, 5) is 83.7. The molecule has 14 atom stereocenters. The van der Waals surface area contributed by atoms with Crippen LogP contribution in [0.5, 0.6) is 0 Å². The Morgan fingerprint density at radius 3 is 2.15 bits per heavy atom. The number of piperidine rings is 1. The normalized spacial score (nSPS) is 37.7. The van der Waals surface area contributed by atoms with Gasteiger partial charge in [-0.25, -0.2) is 4.79 Å². The number of rotatable bonds is 6. The quantitative estimate of drug-likeness (QED) is 0.159. The smallest absolute Gasteiger partial charge is 0.329 e. The predicted molar refractivity (Wildman–Crippen MR) is 246 cm³/mol. The second-order valence-corrected chi connectivity index (χ2v) is 19.2. The van der Waals surface area contributed by atoms with Crippen LogP contribution in [0.1, 0.15) is 126 Å². The number of amides is 1. The number of aliphatic hydroxyl groups excluding tert-OH is 3. The van der Waals surface area contributed by atoms with Crippen molar-refractivity contribution in [2.24, 2.45) is 35.5 Å². The molecule has 0 radical (unpaired) electrons. The molecule has 14 nitrogen and oxygen atoms in total. The van der Waals surface area contributed by atoms with Crippen molar-refractivity contribution in [3.8, 4) is 0 Å². The monoisotopic (exact) mass is 914 g/mol. The molecule has 0 aromatic heterocycles. The fourth-order valence-electron chi connectivity index (χ4n) is 9.49. The van der Waals surface area contributed by atoms with Crippen molar-refractivity contribution in [1.82, 2.24) is 4.90 Å². The van der Waals surface area contributed by atoms with Crippen LogP contribution >= 0.6 is 0 Å². The summed E-state index contributed by atoms with van der Waals surface area (Å²) in [6.45, 7) is 12.5. The minimum atomic E-state index is -1.33. The number of cyclic esters (lactones) is 1. The Kier molecular flexibility index (Phi) is 23.3. The predicted octanol–water partition coefficient (Wildman–Crippen LogP) is 6.02. The van der Waals surface area contributed by atoms with E-state index in [2.05, 4.69) is 0 Å². The van der Waals surface area contributed by atoms with Gasteiger partial charge < -0.3 is 39.2 Å². The van der Waals surface area contributed by atoms with Crippen LogP contribution in [0.25, 0.3) is 0 Å². The minimum Gasteiger partial charge on any atom is -0.460 e. The number of nitrogens with zero attached hydrogens (tertiary/aromatic N) is 1. The molecule has 1 aliphatic carbocycles. The second-order valence-electron chi connectivity index (χ2n) is 19.2. The summed E-state index contributed by atoms with van der Waals surface area (Å²) >= 11 is 0. The molecule has 3 rings (SSSR count). The van der Waals surface area contributed by atoms with Gasteiger partial charge in [-0.3, -0.25) is 24.0 Å². The molecule has 2 fully saturated rings. The number of ether oxygens (including phenoxy) is 4. The van der Waals surface area contributed by atoms with Crippen LogP contribution in [0.2, 0.25) is 0 Å². The molecule has 366 valence electrons. The number of allylic oxidation sites excluding steroid dienone is 6. The van der Waals surface area contributed by atoms with Gasteiger partial charge in [0.2, 0.25) is 5.78 Å². The van der Waals surface area contributed by atoms with Gasteiger partial charge in [0.15, 0.2) is 5.78 Å². The molecule has 3 N–H and O–H groups in total. The highest BCUT2D eigenvalue weighted by Gasteiger charge is 2.41. The zero-order valence-electron chi connectivity index (χ0n) is 40.6. The van der Waals surface area contributed by atoms with Crippen molar-refractivity contribution >= 4 is 35.0 Å². The summed E-state index contributed by atoms with van der Waals surface area (Å²) in [6.07, 6.45) is 9.93. The lowest BCUT2D eigenvalue weighted by atomic mass is 9.78. The van der Waals surface area contributed by atoms with Crippen molar-refractivity contribution in [2.45, 2.75) is 174 Å². The first kappa shape index (κ1) is 55.7. The summed E-state index contributed by atoms with van der Waals surface area (Å²) in [5.74, 6) is -6.85. The Labute approximate surface area is 387 Å². The highest BCUT2D eigenvalue weighted by Crippen LogP contribution is 2.34. The molecule has 0 spiro atoms. The van der Waals surface area contributed by atoms with Gasteiger partial charge in [0.05, 0.1) is 24.4 Å². The number of hydrogen-bond acceptors (Lipinski definition) is 13. The van der Waals surface area contributed by atoms with E-state index in [1.807, 2.05) is 51.2 Å². The average Bonchev–Trinajstić information content (AvgIpc) is 3.28. The molecule has 14 heteroatoms. The van der Waals surface area contributed by atoms with Gasteiger partial charge in [0.25, 0.3) is 11.7 Å². The lowest BCUT2D eigenvalue weighted by molar-refractivity contribution is -0.166. The van der Waals surface area contributed by atoms with Crippen molar-refractivity contribution in [3.05, 3.63) is 47.6 Å². The highest BCUT2D eigenvalue weighted by atomic mass is 16.5. The molecule has 3 aliphatic rings. The van der Waals surface area contributed by atoms with Crippen molar-refractivity contribution in [3.63, 3.8) is 0 Å². The van der Waals surface area contributed by atoms with E-state index in [1.165, 1.54) is 7.11 Å². The molecule has 3 unspecified atom stereocenters. The molecule has 0 aromatic rings. The molecular weight excluding hydrogens is 835 g/mol. The Balaban J connectivity index is 1.98. The van der Waals surface area contributed by atoms with Gasteiger partial charge in [-0.2, -0.15) is 0 Å². The molecule has 65 heavy (non-hydrogen) atoms. The summed E-state index contributed by atoms with van der Waals surface area (Å²) < 4.78 is 22.9. The molecule has 0 aromatic carbocycles. The van der Waals surface area contributed by atoms with Gasteiger partial charge >= 0.3 is 5.97 Å². The first-order valence-corrected chi connectivity index (χ1v) is 23.7. The van der Waals surface area contributed by atoms with E-state index in [9.17, 15) is 44.1 Å². The molecule has 2 aliphatic heterocycles. The molecule has 1 saturated heterocycles. The van der Waals surface area contributed by atoms with E-state index in [1.54, 1.807) is 48.0 Å². The van der Waals surface area contributed by atoms with Crippen molar-refractivity contribution < 1.29 is 63.0 Å². The molecular formula is C51H79NO13. The number of fused-ring (bicyclic) bond motifs is 1. The summed E-state index contributed by atoms with van der Waals surface area (Å²) in [6, 6.07) is -1.15. The Morgan fingerprint density at radius 2 is 1.49 bits per heavy atom. The van der Waals surface area contributed by atoms with Gasteiger partial charge in [-0.05, 0) is 107 Å². The Hall–Kier alpha value is -3.66. The molecule has 2 heterocycles. The van der Waals surface area contributed by atoms with Gasteiger partial charge in [0, 0.05) is 58.5 Å². The van der Waals surface area contributed by atoms with Crippen LogP contribution in [0.15, 0.2) is 47.6 Å². The maximum atomic E-state index is 14.2. The third-order valence-corrected chi connectivity index (χ3v) is 13.8. The SMILES string of the molecule is COC1CC(O)CC[C@@H](C)C(=O)C(=O)C(=O)N2CCCC[C@H]2C(=O)O[C@H]([C@H](C)C[C@@H]2CC[C@@H](O)[C@H](OC)C2)CC(=O)[C@@H](C)/C=C(\C)[C@@H](O)[C@H](OC)C(=O)[C@H](C)CC(C)/C=C/C=C/C=C/1C. The number of ketones is 4. The number of hydrogen-bond donors (Lipinski definition) is 3. The maximum Gasteiger partial charge on any atom is 0.329 e. The van der Waals surface area contributed by atoms with Crippen LogP contribution in [0.3, 0.4) is 0 Å². The zero-order valence-corrected chi connectivity index (χ0v) is 40.6. The van der Waals surface area contributed by atoms with Crippen LogP contribution in [-0.2, 0) is 47.7 Å². The third kappa shape index (κ3) is 16.6. The van der Waals surface area contributed by atoms with E-state index in [0.717, 1.165) is 10.5 Å². The van der Waals surface area contributed by atoms with Crippen molar-refractivity contribution in [2.75, 3.05) is 27.9 Å². The molecule has 1 saturated carbocycles. The Bertz CT molecular complexity index is 1730. The highest BCUT2D eigenvalue weighted by molar-refractivity contribution is 6.63. The van der Waals surface area contributed by atoms with E-state index in [-0.39, 0.29) is 74.1 Å². The average molecular weight is 914 g/mol. The summed E-state index contributed by atoms with van der Waals surface area (Å²) in [5, 5.41) is 32.8. The topological polar surface area (TPSA) is 203 Å². The first-order chi connectivity index (χ1) is 30.7. The largest absolute Gasteiger partial charge is 0.460 e. The van der Waals surface area contributed by atoms with Crippen LogP contribution in [0.4, 0.5) is 0 Å². The van der Waals surface area contributed by atoms with Crippen LogP contribution < -0.4 is 0 Å². The third-order valence-electron chi connectivity index (χ3n) is 13.8. The fourth-order valence-corrected chi connectivity index (χ4v) is 9.49. The molecule has 0 bridgehead atoms. The zero-order chi connectivity index (χ0) is 48.5. The lowest BCUT2D eigenvalue weighted by Gasteiger charge is -2.37. The standard InChI is InChI=1S/C51H79NO13/c1-30-16-12-11-13-17-31(2)42(62-8)28-38(53)21-19-32(3)45(56)48(59)50(60)52-23-15-14-18-39(52)51(61)65-43(34(5)26-37-20-22-40(54)44(27-37)63-9)29-41(55)33(4)25-36(7)47(58)49(64-10)46(57)35(6)24-30/h11-13,16-17,25,30,32-35,37-40,42-44,47,49,53-54,58H,14-15,18-24,26-29H2,1-10H3/b13-11+,16-12+,31-17+,36-25+/t30?,32-,33+,34-,35-,37+,38?,39+,40-,42?,43+,44-,47-,49-/m1/s1. The van der Waals surface area contributed by atoms with Gasteiger partial charge in [-0.1, -0.05) is 71.1 Å². The van der Waals surface area contributed by atoms with E-state index < -0.39 is 83.9 Å². The number of esters is 1. The summed E-state index contributed by atoms with van der Waals surface area (Å²) in [7, 11) is 4.47. The van der Waals surface area contributed by atoms with Crippen LogP contribution in [-0.4, -0.2) is 132 Å². The van der Waals surface area contributed by atoms with E-state index in [4.69, 9.17) is 18.9 Å². The van der Waals surface area contributed by atoms with Gasteiger partial charge in [0.1, 0.15) is 30.1 Å². The number of aliphatic hydroxyl groups is 3. The number of Topliss-reactive ketones (excluding diaryl/α,β-unsaturated/α-hetero) is 4. The fraction of sp³-hybridized carbons (Fsp3) is 0.725. The maximum absolute atomic E-state index is 14.2. The van der Waals surface area contributed by atoms with Crippen molar-refractivity contribution in [1.29, 1.82) is 0 Å². The van der Waals surface area contributed by atoms with E-state index in [0.29, 0.717) is 50.5 Å². The number of carbonyl (C=O) groups excluding carboxylic acids is 6. The van der Waals surface area contributed by atoms with E-state index >= 15 is 0 Å². The number of methoxy groups -OCH3 is 3. The summed E-state index contributed by atoms with van der Waals surface area (Å²) in [5.41, 5.74) is 1.23. The van der Waals surface area contributed by atoms with Gasteiger partial charge in [-0.15, -0.1) is 0 Å². The minimum absolute atomic E-state index is 0.0125. The molecule has 1 amide bonds. The second kappa shape index (κ2) is 27.2. The number of carbonyl (C=O) groups is 6.